The van der Waals surface area contributed by atoms with Crippen LogP contribution in [0.2, 0.25) is 10.0 Å². The van der Waals surface area contributed by atoms with Crippen LogP contribution in [0, 0.1) is 5.82 Å². The molecule has 0 bridgehead atoms. The molecule has 196 valence electrons. The number of piperazine rings is 1. The van der Waals surface area contributed by atoms with E-state index in [4.69, 9.17) is 43.6 Å². The number of anilines is 2. The van der Waals surface area contributed by atoms with Crippen LogP contribution in [0.4, 0.5) is 16.2 Å². The minimum absolute atomic E-state index is 0.0332. The van der Waals surface area contributed by atoms with Gasteiger partial charge < -0.3 is 20.3 Å². The zero-order valence-corrected chi connectivity index (χ0v) is 21.8. The largest absolute Gasteiger partial charge is 0.383 e. The number of benzene rings is 2. The fourth-order valence-corrected chi connectivity index (χ4v) is 5.30. The van der Waals surface area contributed by atoms with E-state index in [2.05, 4.69) is 5.10 Å². The molecule has 12 heteroatoms. The monoisotopic (exact) mass is 555 g/mol. The zero-order valence-electron chi connectivity index (χ0n) is 20.3. The summed E-state index contributed by atoms with van der Waals surface area (Å²) in [6.45, 7) is 2.74. The van der Waals surface area contributed by atoms with Crippen molar-refractivity contribution < 1.29 is 13.9 Å². The second-order valence-electron chi connectivity index (χ2n) is 9.26. The highest BCUT2D eigenvalue weighted by Gasteiger charge is 2.31. The molecule has 38 heavy (non-hydrogen) atoms. The standard InChI is InChI=1S/C26H24Cl2FN7O2/c27-16-4-1-2-5-19(16)36-23(30)21-22(15-7-8-18(29)17(28)14-15)31-26(32-24(21)33-36)35-11-9-34(10-12-35)25(37)20-6-3-13-38-20/h1-2,4-5,7-8,14,20H,3,6,9-13,30H2. The number of carbonyl (C=O) groups excluding carboxylic acids is 1. The first kappa shape index (κ1) is 24.8. The second kappa shape index (κ2) is 10.0. The van der Waals surface area contributed by atoms with Gasteiger partial charge in [0.25, 0.3) is 5.91 Å². The van der Waals surface area contributed by atoms with Gasteiger partial charge >= 0.3 is 0 Å². The molecular weight excluding hydrogens is 532 g/mol. The Labute approximate surface area is 227 Å². The van der Waals surface area contributed by atoms with Gasteiger partial charge in [0.2, 0.25) is 5.95 Å². The number of fused-ring (bicyclic) bond motifs is 1. The second-order valence-corrected chi connectivity index (χ2v) is 10.1. The molecule has 2 aliphatic heterocycles. The van der Waals surface area contributed by atoms with Gasteiger partial charge in [0.1, 0.15) is 17.7 Å². The van der Waals surface area contributed by atoms with Crippen molar-refractivity contribution in [1.29, 1.82) is 0 Å². The molecule has 0 saturated carbocycles. The van der Waals surface area contributed by atoms with Crippen LogP contribution in [-0.2, 0) is 9.53 Å². The molecule has 2 aliphatic rings. The summed E-state index contributed by atoms with van der Waals surface area (Å²) in [5.41, 5.74) is 8.57. The smallest absolute Gasteiger partial charge is 0.251 e. The third-order valence-electron chi connectivity index (χ3n) is 6.91. The molecule has 2 N–H and O–H groups in total. The van der Waals surface area contributed by atoms with Gasteiger partial charge in [-0.15, -0.1) is 5.10 Å². The van der Waals surface area contributed by atoms with E-state index in [9.17, 15) is 9.18 Å². The van der Waals surface area contributed by atoms with Gasteiger partial charge in [0.05, 0.1) is 26.8 Å². The van der Waals surface area contributed by atoms with Crippen molar-refractivity contribution in [2.75, 3.05) is 43.4 Å². The lowest BCUT2D eigenvalue weighted by Gasteiger charge is -2.35. The van der Waals surface area contributed by atoms with Crippen LogP contribution in [0.3, 0.4) is 0 Å². The number of hydrogen-bond donors (Lipinski definition) is 1. The molecule has 0 spiro atoms. The Kier molecular flexibility index (Phi) is 6.55. The molecule has 0 aliphatic carbocycles. The van der Waals surface area contributed by atoms with Crippen molar-refractivity contribution in [3.63, 3.8) is 0 Å². The van der Waals surface area contributed by atoms with Crippen LogP contribution in [0.15, 0.2) is 42.5 Å². The number of aromatic nitrogens is 4. The van der Waals surface area contributed by atoms with Gasteiger partial charge in [-0.2, -0.15) is 4.98 Å². The van der Waals surface area contributed by atoms with E-state index in [1.165, 1.54) is 16.8 Å². The van der Waals surface area contributed by atoms with Crippen LogP contribution < -0.4 is 10.6 Å². The van der Waals surface area contributed by atoms with Crippen molar-refractivity contribution in [1.82, 2.24) is 24.6 Å². The van der Waals surface area contributed by atoms with Crippen LogP contribution in [-0.4, -0.2) is 69.4 Å². The first-order chi connectivity index (χ1) is 18.4. The molecule has 1 amide bonds. The minimum atomic E-state index is -0.535. The summed E-state index contributed by atoms with van der Waals surface area (Å²) < 4.78 is 21.1. The molecular formula is C26H24Cl2FN7O2. The topological polar surface area (TPSA) is 102 Å². The fourth-order valence-electron chi connectivity index (χ4n) is 4.90. The highest BCUT2D eigenvalue weighted by molar-refractivity contribution is 6.32. The number of rotatable bonds is 4. The zero-order chi connectivity index (χ0) is 26.4. The lowest BCUT2D eigenvalue weighted by atomic mass is 10.1. The Balaban J connectivity index is 1.40. The molecule has 2 saturated heterocycles. The maximum Gasteiger partial charge on any atom is 0.251 e. The molecule has 4 heterocycles. The summed E-state index contributed by atoms with van der Waals surface area (Å²) >= 11 is 12.6. The maximum atomic E-state index is 14.0. The molecule has 6 rings (SSSR count). The normalized spacial score (nSPS) is 17.9. The van der Waals surface area contributed by atoms with Crippen molar-refractivity contribution in [2.45, 2.75) is 18.9 Å². The summed E-state index contributed by atoms with van der Waals surface area (Å²) in [6.07, 6.45) is 1.32. The van der Waals surface area contributed by atoms with Gasteiger partial charge in [-0.3, -0.25) is 4.79 Å². The highest BCUT2D eigenvalue weighted by atomic mass is 35.5. The van der Waals surface area contributed by atoms with Crippen LogP contribution >= 0.6 is 23.2 Å². The van der Waals surface area contributed by atoms with E-state index >= 15 is 0 Å². The number of hydrogen-bond acceptors (Lipinski definition) is 7. The lowest BCUT2D eigenvalue weighted by Crippen LogP contribution is -2.51. The van der Waals surface area contributed by atoms with Crippen LogP contribution in [0.25, 0.3) is 28.0 Å². The maximum absolute atomic E-state index is 14.0. The van der Waals surface area contributed by atoms with E-state index in [1.54, 1.807) is 18.2 Å². The predicted molar refractivity (Wildman–Crippen MR) is 144 cm³/mol. The number of nitrogen functional groups attached to an aromatic ring is 1. The highest BCUT2D eigenvalue weighted by Crippen LogP contribution is 2.36. The average molecular weight is 556 g/mol. The number of nitrogens with zero attached hydrogens (tertiary/aromatic N) is 6. The van der Waals surface area contributed by atoms with E-state index in [0.29, 0.717) is 77.6 Å². The average Bonchev–Trinajstić information content (AvgIpc) is 3.58. The minimum Gasteiger partial charge on any atom is -0.383 e. The number of halogens is 3. The number of carbonyl (C=O) groups is 1. The summed E-state index contributed by atoms with van der Waals surface area (Å²) in [5.74, 6) is 0.224. The van der Waals surface area contributed by atoms with Crippen molar-refractivity contribution in [2.24, 2.45) is 0 Å². The van der Waals surface area contributed by atoms with Gasteiger partial charge in [0.15, 0.2) is 5.65 Å². The summed E-state index contributed by atoms with van der Waals surface area (Å²) in [7, 11) is 0. The Bertz CT molecular complexity index is 1530. The third kappa shape index (κ3) is 4.42. The van der Waals surface area contributed by atoms with Gasteiger partial charge in [-0.1, -0.05) is 35.3 Å². The van der Waals surface area contributed by atoms with Crippen LogP contribution in [0.5, 0.6) is 0 Å². The van der Waals surface area contributed by atoms with Gasteiger partial charge in [-0.05, 0) is 43.2 Å². The lowest BCUT2D eigenvalue weighted by molar-refractivity contribution is -0.141. The van der Waals surface area contributed by atoms with Crippen molar-refractivity contribution >= 4 is 51.9 Å². The number of para-hydroxylation sites is 1. The first-order valence-corrected chi connectivity index (χ1v) is 13.1. The van der Waals surface area contributed by atoms with Gasteiger partial charge in [-0.25, -0.2) is 14.1 Å². The van der Waals surface area contributed by atoms with Gasteiger partial charge in [0, 0.05) is 38.3 Å². The van der Waals surface area contributed by atoms with E-state index < -0.39 is 5.82 Å². The Morgan fingerprint density at radius 3 is 2.55 bits per heavy atom. The van der Waals surface area contributed by atoms with Crippen LogP contribution in [0.1, 0.15) is 12.8 Å². The molecule has 2 aromatic carbocycles. The van der Waals surface area contributed by atoms with Crippen molar-refractivity contribution in [3.05, 3.63) is 58.3 Å². The summed E-state index contributed by atoms with van der Waals surface area (Å²) in [6, 6.07) is 11.6. The molecule has 1 atom stereocenters. The predicted octanol–water partition coefficient (Wildman–Crippen LogP) is 4.34. The number of ether oxygens (including phenoxy) is 1. The first-order valence-electron chi connectivity index (χ1n) is 12.3. The van der Waals surface area contributed by atoms with Crippen molar-refractivity contribution in [3.8, 4) is 16.9 Å². The SMILES string of the molecule is Nc1c2c(-c3ccc(F)c(Cl)c3)nc(N3CCN(C(=O)C4CCCO4)CC3)nc2nn1-c1ccccc1Cl. The Hall–Kier alpha value is -3.47. The Morgan fingerprint density at radius 1 is 1.05 bits per heavy atom. The Morgan fingerprint density at radius 2 is 1.84 bits per heavy atom. The van der Waals surface area contributed by atoms with E-state index in [-0.39, 0.29) is 17.0 Å². The molecule has 9 nitrogen and oxygen atoms in total. The number of nitrogens with two attached hydrogens (primary N) is 1. The summed E-state index contributed by atoms with van der Waals surface area (Å²) in [4.78, 5) is 26.2. The fraction of sp³-hybridized carbons (Fsp3) is 0.308. The quantitative estimate of drug-likeness (QED) is 0.399. The molecule has 4 aromatic rings. The summed E-state index contributed by atoms with van der Waals surface area (Å²) in [5, 5.41) is 5.60. The third-order valence-corrected chi connectivity index (χ3v) is 7.52. The molecule has 2 fully saturated rings. The van der Waals surface area contributed by atoms with E-state index in [0.717, 1.165) is 12.8 Å². The number of amides is 1. The van der Waals surface area contributed by atoms with E-state index in [1.807, 2.05) is 21.9 Å². The molecule has 2 aromatic heterocycles. The molecule has 0 radical (unpaired) electrons. The molecule has 1 unspecified atom stereocenters.